The lowest BCUT2D eigenvalue weighted by Gasteiger charge is -2.21. The minimum absolute atomic E-state index is 0.397. The van der Waals surface area contributed by atoms with E-state index in [2.05, 4.69) is 0 Å². The Balaban J connectivity index is 1.92. The Hall–Kier alpha value is -0.770. The summed E-state index contributed by atoms with van der Waals surface area (Å²) < 4.78 is 10.9. The monoisotopic (exact) mass is 254 g/mol. The van der Waals surface area contributed by atoms with Crippen LogP contribution in [0.15, 0.2) is 12.1 Å². The minimum Gasteiger partial charge on any atom is -0.493 e. The molecule has 17 heavy (non-hydrogen) atoms. The van der Waals surface area contributed by atoms with Crippen molar-refractivity contribution in [3.8, 4) is 5.75 Å². The fourth-order valence-corrected chi connectivity index (χ4v) is 2.83. The lowest BCUT2D eigenvalue weighted by Crippen LogP contribution is -2.31. The van der Waals surface area contributed by atoms with Crippen LogP contribution >= 0.6 is 11.6 Å². The molecule has 3 rings (SSSR count). The van der Waals surface area contributed by atoms with Crippen molar-refractivity contribution >= 4 is 11.6 Å². The Morgan fingerprint density at radius 3 is 3.00 bits per heavy atom. The van der Waals surface area contributed by atoms with Crippen molar-refractivity contribution in [3.63, 3.8) is 0 Å². The van der Waals surface area contributed by atoms with Gasteiger partial charge in [-0.05, 0) is 23.3 Å². The Labute approximate surface area is 105 Å². The van der Waals surface area contributed by atoms with Crippen LogP contribution < -0.4 is 4.74 Å². The van der Waals surface area contributed by atoms with E-state index >= 15 is 0 Å². The largest absolute Gasteiger partial charge is 0.493 e. The standard InChI is InChI=1S/C13H15ClO3/c14-11-5-9-1-3-17-12(9)10(6-11)7-13(15)2-4-16-8-13/h5-6,15H,1-4,7-8H2. The highest BCUT2D eigenvalue weighted by atomic mass is 35.5. The predicted molar refractivity (Wildman–Crippen MR) is 64.7 cm³/mol. The molecule has 92 valence electrons. The number of ether oxygens (including phenoxy) is 2. The molecule has 0 bridgehead atoms. The normalized spacial score (nSPS) is 26.9. The molecular formula is C13H15ClO3. The fourth-order valence-electron chi connectivity index (χ4n) is 2.57. The summed E-state index contributed by atoms with van der Waals surface area (Å²) in [5.41, 5.74) is 1.39. The highest BCUT2D eigenvalue weighted by Crippen LogP contribution is 2.36. The molecule has 2 aliphatic rings. The zero-order valence-corrected chi connectivity index (χ0v) is 10.3. The lowest BCUT2D eigenvalue weighted by atomic mass is 9.92. The van der Waals surface area contributed by atoms with Gasteiger partial charge in [-0.1, -0.05) is 11.6 Å². The topological polar surface area (TPSA) is 38.7 Å². The molecule has 1 saturated heterocycles. The third kappa shape index (κ3) is 2.15. The predicted octanol–water partition coefficient (Wildman–Crippen LogP) is 1.97. The third-order valence-corrected chi connectivity index (χ3v) is 3.65. The van der Waals surface area contributed by atoms with E-state index in [0.717, 1.165) is 23.3 Å². The number of rotatable bonds is 2. The first-order valence-electron chi connectivity index (χ1n) is 5.91. The van der Waals surface area contributed by atoms with Gasteiger partial charge in [0.05, 0.1) is 18.8 Å². The molecule has 0 radical (unpaired) electrons. The molecule has 1 atom stereocenters. The van der Waals surface area contributed by atoms with E-state index in [0.29, 0.717) is 37.7 Å². The summed E-state index contributed by atoms with van der Waals surface area (Å²) in [6, 6.07) is 3.84. The first-order valence-corrected chi connectivity index (χ1v) is 6.28. The fraction of sp³-hybridized carbons (Fsp3) is 0.538. The highest BCUT2D eigenvalue weighted by Gasteiger charge is 2.34. The van der Waals surface area contributed by atoms with Crippen LogP contribution in [0.25, 0.3) is 0 Å². The van der Waals surface area contributed by atoms with Crippen molar-refractivity contribution in [1.82, 2.24) is 0 Å². The third-order valence-electron chi connectivity index (χ3n) is 3.43. The smallest absolute Gasteiger partial charge is 0.126 e. The van der Waals surface area contributed by atoms with Crippen molar-refractivity contribution in [2.24, 2.45) is 0 Å². The van der Waals surface area contributed by atoms with Gasteiger partial charge in [0, 0.05) is 30.9 Å². The second-order valence-electron chi connectivity index (χ2n) is 4.86. The van der Waals surface area contributed by atoms with E-state index in [1.807, 2.05) is 12.1 Å². The summed E-state index contributed by atoms with van der Waals surface area (Å²) in [5, 5.41) is 11.1. The van der Waals surface area contributed by atoms with Gasteiger partial charge in [-0.25, -0.2) is 0 Å². The van der Waals surface area contributed by atoms with E-state index in [9.17, 15) is 5.11 Å². The summed E-state index contributed by atoms with van der Waals surface area (Å²) in [6.07, 6.45) is 2.13. The van der Waals surface area contributed by atoms with E-state index in [-0.39, 0.29) is 0 Å². The molecule has 0 aliphatic carbocycles. The molecule has 0 spiro atoms. The van der Waals surface area contributed by atoms with Gasteiger partial charge in [0.25, 0.3) is 0 Å². The molecule has 4 heteroatoms. The summed E-state index contributed by atoms with van der Waals surface area (Å²) in [5.74, 6) is 0.912. The molecule has 1 N–H and O–H groups in total. The summed E-state index contributed by atoms with van der Waals surface area (Å²) in [4.78, 5) is 0. The van der Waals surface area contributed by atoms with Crippen LogP contribution in [0.3, 0.4) is 0 Å². The molecule has 3 nitrogen and oxygen atoms in total. The maximum atomic E-state index is 10.3. The van der Waals surface area contributed by atoms with Crippen LogP contribution in [0.1, 0.15) is 17.5 Å². The lowest BCUT2D eigenvalue weighted by molar-refractivity contribution is 0.0266. The molecule has 1 unspecified atom stereocenters. The van der Waals surface area contributed by atoms with Crippen molar-refractivity contribution in [2.45, 2.75) is 24.9 Å². The first-order chi connectivity index (χ1) is 8.16. The highest BCUT2D eigenvalue weighted by molar-refractivity contribution is 6.30. The number of aliphatic hydroxyl groups is 1. The summed E-state index contributed by atoms with van der Waals surface area (Å²) >= 11 is 6.09. The second-order valence-corrected chi connectivity index (χ2v) is 5.29. The second kappa shape index (κ2) is 4.16. The molecule has 2 aliphatic heterocycles. The molecule has 1 aromatic carbocycles. The van der Waals surface area contributed by atoms with Gasteiger partial charge in [-0.15, -0.1) is 0 Å². The first kappa shape index (κ1) is 11.3. The van der Waals surface area contributed by atoms with E-state index < -0.39 is 5.60 Å². The van der Waals surface area contributed by atoms with Gasteiger partial charge in [0.15, 0.2) is 0 Å². The summed E-state index contributed by atoms with van der Waals surface area (Å²) in [7, 11) is 0. The maximum Gasteiger partial charge on any atom is 0.126 e. The van der Waals surface area contributed by atoms with Gasteiger partial charge in [-0.2, -0.15) is 0 Å². The van der Waals surface area contributed by atoms with Crippen LogP contribution in [-0.2, 0) is 17.6 Å². The average Bonchev–Trinajstić information content (AvgIpc) is 2.86. The van der Waals surface area contributed by atoms with Crippen LogP contribution in [0.4, 0.5) is 0 Å². The molecule has 2 heterocycles. The Morgan fingerprint density at radius 2 is 2.24 bits per heavy atom. The van der Waals surface area contributed by atoms with Crippen molar-refractivity contribution in [3.05, 3.63) is 28.3 Å². The van der Waals surface area contributed by atoms with Crippen molar-refractivity contribution < 1.29 is 14.6 Å². The zero-order valence-electron chi connectivity index (χ0n) is 9.54. The molecule has 1 fully saturated rings. The van der Waals surface area contributed by atoms with E-state index in [1.165, 1.54) is 0 Å². The van der Waals surface area contributed by atoms with Gasteiger partial charge in [0.2, 0.25) is 0 Å². The SMILES string of the molecule is OC1(Cc2cc(Cl)cc3c2OCC3)CCOC1. The van der Waals surface area contributed by atoms with Gasteiger partial charge in [-0.3, -0.25) is 0 Å². The molecule has 0 saturated carbocycles. The average molecular weight is 255 g/mol. The number of benzene rings is 1. The molecule has 0 amide bonds. The molecule has 1 aromatic rings. The molecule has 0 aromatic heterocycles. The van der Waals surface area contributed by atoms with Crippen molar-refractivity contribution in [1.29, 1.82) is 0 Å². The van der Waals surface area contributed by atoms with Crippen LogP contribution in [0, 0.1) is 0 Å². The Bertz CT molecular complexity index is 439. The number of fused-ring (bicyclic) bond motifs is 1. The van der Waals surface area contributed by atoms with E-state index in [4.69, 9.17) is 21.1 Å². The number of hydrogen-bond acceptors (Lipinski definition) is 3. The molecular weight excluding hydrogens is 240 g/mol. The maximum absolute atomic E-state index is 10.3. The van der Waals surface area contributed by atoms with Gasteiger partial charge in [0.1, 0.15) is 5.75 Å². The quantitative estimate of drug-likeness (QED) is 0.877. The minimum atomic E-state index is -0.760. The number of hydrogen-bond donors (Lipinski definition) is 1. The number of halogens is 1. The van der Waals surface area contributed by atoms with Crippen LogP contribution in [-0.4, -0.2) is 30.5 Å². The van der Waals surface area contributed by atoms with E-state index in [1.54, 1.807) is 0 Å². The van der Waals surface area contributed by atoms with Crippen LogP contribution in [0.5, 0.6) is 5.75 Å². The van der Waals surface area contributed by atoms with Gasteiger partial charge < -0.3 is 14.6 Å². The summed E-state index contributed by atoms with van der Waals surface area (Å²) in [6.45, 7) is 1.73. The van der Waals surface area contributed by atoms with Crippen molar-refractivity contribution in [2.75, 3.05) is 19.8 Å². The Kier molecular flexibility index (Phi) is 2.77. The Morgan fingerprint density at radius 1 is 1.35 bits per heavy atom. The zero-order chi connectivity index (χ0) is 11.9. The van der Waals surface area contributed by atoms with Crippen LogP contribution in [0.2, 0.25) is 5.02 Å². The van der Waals surface area contributed by atoms with Gasteiger partial charge >= 0.3 is 0 Å².